The third-order valence-electron chi connectivity index (χ3n) is 2.55. The van der Waals surface area contributed by atoms with Gasteiger partial charge < -0.3 is 20.1 Å². The second kappa shape index (κ2) is 11.3. The summed E-state index contributed by atoms with van der Waals surface area (Å²) in [7, 11) is 1.40. The smallest absolute Gasteiger partial charge is 0.387 e. The number of alkyl halides is 2. The van der Waals surface area contributed by atoms with Crippen LogP contribution in [0.3, 0.4) is 0 Å². The Morgan fingerprint density at radius 1 is 1.18 bits per heavy atom. The first-order chi connectivity index (χ1) is 10.1. The fourth-order valence-electron chi connectivity index (χ4n) is 1.69. The van der Waals surface area contributed by atoms with Gasteiger partial charge in [0.05, 0.1) is 13.7 Å². The summed E-state index contributed by atoms with van der Waals surface area (Å²) in [5.74, 6) is 0.947. The van der Waals surface area contributed by atoms with Gasteiger partial charge in [-0.15, -0.1) is 24.0 Å². The van der Waals surface area contributed by atoms with E-state index in [1.54, 1.807) is 12.1 Å². The minimum absolute atomic E-state index is 0. The van der Waals surface area contributed by atoms with E-state index in [4.69, 9.17) is 4.74 Å². The van der Waals surface area contributed by atoms with Crippen LogP contribution < -0.4 is 20.1 Å². The largest absolute Gasteiger partial charge is 0.493 e. The number of guanidine groups is 1. The number of benzene rings is 1. The molecule has 0 saturated heterocycles. The standard InChI is InChI=1S/C14H21F2N3O2.HI/c1-4-17-14(18-5-2)19-9-10-6-7-11(20-3)12(8-10)21-13(15)16;/h6-8,13H,4-5,9H2,1-3H3,(H2,17,18,19);1H. The fraction of sp³-hybridized carbons (Fsp3) is 0.500. The van der Waals surface area contributed by atoms with Crippen molar-refractivity contribution in [3.05, 3.63) is 23.8 Å². The van der Waals surface area contributed by atoms with Gasteiger partial charge in [0.1, 0.15) is 0 Å². The number of ether oxygens (including phenoxy) is 2. The molecule has 1 aromatic carbocycles. The summed E-state index contributed by atoms with van der Waals surface area (Å²) in [6, 6.07) is 4.85. The predicted molar refractivity (Wildman–Crippen MR) is 93.5 cm³/mol. The first-order valence-electron chi connectivity index (χ1n) is 6.74. The molecule has 0 heterocycles. The van der Waals surface area contributed by atoms with Gasteiger partial charge in [-0.2, -0.15) is 8.78 Å². The molecule has 0 atom stereocenters. The lowest BCUT2D eigenvalue weighted by Crippen LogP contribution is -2.36. The van der Waals surface area contributed by atoms with Gasteiger partial charge in [-0.05, 0) is 31.5 Å². The van der Waals surface area contributed by atoms with E-state index in [-0.39, 0.29) is 35.5 Å². The van der Waals surface area contributed by atoms with Crippen LogP contribution in [-0.2, 0) is 6.54 Å². The predicted octanol–water partition coefficient (Wildman–Crippen LogP) is 2.99. The van der Waals surface area contributed by atoms with Crippen molar-refractivity contribution in [1.29, 1.82) is 0 Å². The first-order valence-corrected chi connectivity index (χ1v) is 6.74. The molecule has 8 heteroatoms. The van der Waals surface area contributed by atoms with Gasteiger partial charge in [0.15, 0.2) is 17.5 Å². The lowest BCUT2D eigenvalue weighted by molar-refractivity contribution is -0.0512. The fourth-order valence-corrected chi connectivity index (χ4v) is 1.69. The maximum atomic E-state index is 12.4. The SMILES string of the molecule is CCNC(=NCc1ccc(OC)c(OC(F)F)c1)NCC.I. The molecular weight excluding hydrogens is 407 g/mol. The maximum Gasteiger partial charge on any atom is 0.387 e. The van der Waals surface area contributed by atoms with Crippen LogP contribution in [-0.4, -0.2) is 32.8 Å². The van der Waals surface area contributed by atoms with Crippen molar-refractivity contribution < 1.29 is 18.3 Å². The Kier molecular flexibility index (Phi) is 10.6. The molecule has 0 unspecified atom stereocenters. The number of nitrogens with one attached hydrogen (secondary N) is 2. The van der Waals surface area contributed by atoms with E-state index >= 15 is 0 Å². The number of hydrogen-bond donors (Lipinski definition) is 2. The second-order valence-electron chi connectivity index (χ2n) is 4.09. The van der Waals surface area contributed by atoms with Crippen molar-refractivity contribution >= 4 is 29.9 Å². The lowest BCUT2D eigenvalue weighted by atomic mass is 10.2. The average molecular weight is 429 g/mol. The van der Waals surface area contributed by atoms with Gasteiger partial charge in [0, 0.05) is 13.1 Å². The number of aliphatic imine (C=N–C) groups is 1. The Labute approximate surface area is 146 Å². The molecule has 0 amide bonds. The van der Waals surface area contributed by atoms with Gasteiger partial charge in [-0.25, -0.2) is 4.99 Å². The van der Waals surface area contributed by atoms with Crippen LogP contribution in [0.5, 0.6) is 11.5 Å². The molecule has 1 rings (SSSR count). The van der Waals surface area contributed by atoms with Crippen molar-refractivity contribution in [1.82, 2.24) is 10.6 Å². The molecule has 0 aliphatic rings. The van der Waals surface area contributed by atoms with Crippen LogP contribution in [0.4, 0.5) is 8.78 Å². The summed E-state index contributed by atoms with van der Waals surface area (Å²) in [4.78, 5) is 4.36. The van der Waals surface area contributed by atoms with Gasteiger partial charge in [-0.1, -0.05) is 6.07 Å². The van der Waals surface area contributed by atoms with Crippen molar-refractivity contribution in [3.63, 3.8) is 0 Å². The zero-order chi connectivity index (χ0) is 15.7. The van der Waals surface area contributed by atoms with E-state index in [1.165, 1.54) is 13.2 Å². The Hall–Kier alpha value is -1.32. The number of nitrogens with zero attached hydrogens (tertiary/aromatic N) is 1. The molecule has 0 aromatic heterocycles. The molecule has 0 aliphatic heterocycles. The van der Waals surface area contributed by atoms with Crippen molar-refractivity contribution in [2.75, 3.05) is 20.2 Å². The highest BCUT2D eigenvalue weighted by Gasteiger charge is 2.11. The van der Waals surface area contributed by atoms with E-state index in [9.17, 15) is 8.78 Å². The monoisotopic (exact) mass is 429 g/mol. The quantitative estimate of drug-likeness (QED) is 0.398. The molecular formula is C14H22F2IN3O2. The second-order valence-corrected chi connectivity index (χ2v) is 4.09. The minimum atomic E-state index is -2.89. The molecule has 126 valence electrons. The Balaban J connectivity index is 0.00000441. The van der Waals surface area contributed by atoms with Crippen molar-refractivity contribution in [2.45, 2.75) is 27.0 Å². The third-order valence-corrected chi connectivity index (χ3v) is 2.55. The molecule has 0 radical (unpaired) electrons. The highest BCUT2D eigenvalue weighted by molar-refractivity contribution is 14.0. The Morgan fingerprint density at radius 3 is 2.32 bits per heavy atom. The van der Waals surface area contributed by atoms with E-state index in [0.29, 0.717) is 12.5 Å². The topological polar surface area (TPSA) is 54.9 Å². The van der Waals surface area contributed by atoms with Crippen LogP contribution in [0.1, 0.15) is 19.4 Å². The molecule has 1 aromatic rings. The summed E-state index contributed by atoms with van der Waals surface area (Å²) in [5, 5.41) is 6.17. The molecule has 0 fully saturated rings. The number of methoxy groups -OCH3 is 1. The van der Waals surface area contributed by atoms with Crippen LogP contribution in [0.25, 0.3) is 0 Å². The summed E-state index contributed by atoms with van der Waals surface area (Å²) in [6.07, 6.45) is 0. The lowest BCUT2D eigenvalue weighted by Gasteiger charge is -2.12. The van der Waals surface area contributed by atoms with Crippen molar-refractivity contribution in [2.24, 2.45) is 4.99 Å². The molecule has 0 saturated carbocycles. The van der Waals surface area contributed by atoms with Gasteiger partial charge in [0.25, 0.3) is 0 Å². The van der Waals surface area contributed by atoms with Gasteiger partial charge in [-0.3, -0.25) is 0 Å². The van der Waals surface area contributed by atoms with Crippen LogP contribution in [0.2, 0.25) is 0 Å². The van der Waals surface area contributed by atoms with E-state index in [0.717, 1.165) is 18.7 Å². The number of hydrogen-bond acceptors (Lipinski definition) is 3. The van der Waals surface area contributed by atoms with Gasteiger partial charge >= 0.3 is 6.61 Å². The van der Waals surface area contributed by atoms with E-state index < -0.39 is 6.61 Å². The Bertz CT molecular complexity index is 465. The molecule has 0 bridgehead atoms. The molecule has 0 spiro atoms. The van der Waals surface area contributed by atoms with E-state index in [1.807, 2.05) is 13.8 Å². The third kappa shape index (κ3) is 7.10. The number of rotatable bonds is 7. The first kappa shape index (κ1) is 20.7. The normalized spacial score (nSPS) is 9.73. The van der Waals surface area contributed by atoms with Crippen LogP contribution in [0.15, 0.2) is 23.2 Å². The van der Waals surface area contributed by atoms with E-state index in [2.05, 4.69) is 20.4 Å². The molecule has 0 aliphatic carbocycles. The van der Waals surface area contributed by atoms with Gasteiger partial charge in [0.2, 0.25) is 0 Å². The number of halogens is 3. The molecule has 22 heavy (non-hydrogen) atoms. The van der Waals surface area contributed by atoms with Crippen LogP contribution in [0, 0.1) is 0 Å². The average Bonchev–Trinajstić information content (AvgIpc) is 2.45. The molecule has 5 nitrogen and oxygen atoms in total. The zero-order valence-electron chi connectivity index (χ0n) is 12.9. The van der Waals surface area contributed by atoms with Crippen molar-refractivity contribution in [3.8, 4) is 11.5 Å². The highest BCUT2D eigenvalue weighted by Crippen LogP contribution is 2.29. The maximum absolute atomic E-state index is 12.4. The Morgan fingerprint density at radius 2 is 1.82 bits per heavy atom. The summed E-state index contributed by atoms with van der Waals surface area (Å²) >= 11 is 0. The molecule has 2 N–H and O–H groups in total. The summed E-state index contributed by atoms with van der Waals surface area (Å²) in [6.45, 7) is 2.88. The highest BCUT2D eigenvalue weighted by atomic mass is 127. The zero-order valence-corrected chi connectivity index (χ0v) is 15.2. The summed E-state index contributed by atoms with van der Waals surface area (Å²) < 4.78 is 34.1. The minimum Gasteiger partial charge on any atom is -0.493 e. The van der Waals surface area contributed by atoms with Crippen LogP contribution >= 0.6 is 24.0 Å². The summed E-state index contributed by atoms with van der Waals surface area (Å²) in [5.41, 5.74) is 0.750.